The Kier molecular flexibility index (Phi) is 6.07. The maximum atomic E-state index is 12.7. The Hall–Kier alpha value is -2.05. The molecule has 1 aromatic heterocycles. The minimum absolute atomic E-state index is 0.0443. The van der Waals surface area contributed by atoms with Crippen molar-refractivity contribution in [2.24, 2.45) is 0 Å². The lowest BCUT2D eigenvalue weighted by Gasteiger charge is -2.32. The van der Waals surface area contributed by atoms with Gasteiger partial charge in [-0.05, 0) is 51.0 Å². The fourth-order valence-corrected chi connectivity index (χ4v) is 3.79. The molecule has 2 heterocycles. The number of amides is 1. The summed E-state index contributed by atoms with van der Waals surface area (Å²) in [5, 5.41) is 5.31. The molecule has 27 heavy (non-hydrogen) atoms. The third kappa shape index (κ3) is 4.28. The van der Waals surface area contributed by atoms with Crippen LogP contribution in [0, 0.1) is 6.92 Å². The molecule has 0 saturated carbocycles. The van der Waals surface area contributed by atoms with Crippen LogP contribution in [0.1, 0.15) is 52.3 Å². The molecule has 1 fully saturated rings. The predicted molar refractivity (Wildman–Crippen MR) is 104 cm³/mol. The van der Waals surface area contributed by atoms with Crippen molar-refractivity contribution in [1.29, 1.82) is 0 Å². The largest absolute Gasteiger partial charge is 0.461 e. The maximum absolute atomic E-state index is 12.7. The van der Waals surface area contributed by atoms with Crippen molar-refractivity contribution in [2.75, 3.05) is 19.7 Å². The van der Waals surface area contributed by atoms with Gasteiger partial charge < -0.3 is 9.64 Å². The molecule has 1 aromatic carbocycles. The van der Waals surface area contributed by atoms with Crippen molar-refractivity contribution in [3.8, 4) is 0 Å². The molecule has 8 heteroatoms. The zero-order valence-corrected chi connectivity index (χ0v) is 16.8. The first-order valence-electron chi connectivity index (χ1n) is 8.88. The van der Waals surface area contributed by atoms with E-state index in [4.69, 9.17) is 27.9 Å². The number of likely N-dealkylation sites (tertiary alicyclic amines) is 1. The number of nitrogens with zero attached hydrogens (tertiary/aromatic N) is 3. The highest BCUT2D eigenvalue weighted by Crippen LogP contribution is 2.28. The molecule has 0 N–H and O–H groups in total. The van der Waals surface area contributed by atoms with Gasteiger partial charge in [0, 0.05) is 18.1 Å². The van der Waals surface area contributed by atoms with Gasteiger partial charge in [0.2, 0.25) is 0 Å². The van der Waals surface area contributed by atoms with Gasteiger partial charge in [-0.25, -0.2) is 4.79 Å². The SMILES string of the molecule is CCOC(=O)c1cc(C)nn1C1CCN(C(=O)c2ccc(Cl)cc2Cl)CC1. The minimum Gasteiger partial charge on any atom is -0.461 e. The van der Waals surface area contributed by atoms with Crippen molar-refractivity contribution < 1.29 is 14.3 Å². The number of piperidine rings is 1. The van der Waals surface area contributed by atoms with Gasteiger partial charge in [0.1, 0.15) is 5.69 Å². The van der Waals surface area contributed by atoms with Crippen LogP contribution in [0.5, 0.6) is 0 Å². The number of benzene rings is 1. The molecule has 2 aromatic rings. The molecule has 144 valence electrons. The summed E-state index contributed by atoms with van der Waals surface area (Å²) in [6, 6.07) is 6.66. The van der Waals surface area contributed by atoms with E-state index in [1.807, 2.05) is 6.92 Å². The van der Waals surface area contributed by atoms with E-state index in [-0.39, 0.29) is 17.9 Å². The molecule has 1 aliphatic rings. The number of rotatable bonds is 4. The van der Waals surface area contributed by atoms with Crippen molar-refractivity contribution in [3.05, 3.63) is 51.3 Å². The topological polar surface area (TPSA) is 64.4 Å². The average molecular weight is 410 g/mol. The summed E-state index contributed by atoms with van der Waals surface area (Å²) in [4.78, 5) is 26.7. The van der Waals surface area contributed by atoms with E-state index in [0.29, 0.717) is 53.8 Å². The van der Waals surface area contributed by atoms with Gasteiger partial charge in [0.05, 0.1) is 28.9 Å². The van der Waals surface area contributed by atoms with Crippen molar-refractivity contribution in [2.45, 2.75) is 32.7 Å². The van der Waals surface area contributed by atoms with Gasteiger partial charge in [0.15, 0.2) is 0 Å². The van der Waals surface area contributed by atoms with Gasteiger partial charge in [-0.15, -0.1) is 0 Å². The maximum Gasteiger partial charge on any atom is 0.356 e. The number of esters is 1. The molecule has 0 aliphatic carbocycles. The fraction of sp³-hybridized carbons (Fsp3) is 0.421. The number of aromatic nitrogens is 2. The molecule has 1 amide bonds. The zero-order chi connectivity index (χ0) is 19.6. The summed E-state index contributed by atoms with van der Waals surface area (Å²) in [6.45, 7) is 5.06. The third-order valence-corrected chi connectivity index (χ3v) is 5.15. The van der Waals surface area contributed by atoms with Crippen molar-refractivity contribution in [1.82, 2.24) is 14.7 Å². The first-order valence-corrected chi connectivity index (χ1v) is 9.64. The average Bonchev–Trinajstić information content (AvgIpc) is 3.03. The van der Waals surface area contributed by atoms with E-state index >= 15 is 0 Å². The number of aryl methyl sites for hydroxylation is 1. The van der Waals surface area contributed by atoms with Crippen LogP contribution in [0.3, 0.4) is 0 Å². The van der Waals surface area contributed by atoms with Crippen LogP contribution >= 0.6 is 23.2 Å². The Morgan fingerprint density at radius 2 is 1.93 bits per heavy atom. The van der Waals surface area contributed by atoms with Crippen molar-refractivity contribution in [3.63, 3.8) is 0 Å². The summed E-state index contributed by atoms with van der Waals surface area (Å²) in [5.74, 6) is -0.484. The number of ether oxygens (including phenoxy) is 1. The summed E-state index contributed by atoms with van der Waals surface area (Å²) >= 11 is 12.1. The molecule has 0 spiro atoms. The molecule has 6 nitrogen and oxygen atoms in total. The Bertz CT molecular complexity index is 858. The van der Waals surface area contributed by atoms with Crippen LogP contribution < -0.4 is 0 Å². The number of halogens is 2. The number of carbonyl (C=O) groups excluding carboxylic acids is 2. The number of carbonyl (C=O) groups is 2. The number of hydrogen-bond acceptors (Lipinski definition) is 4. The molecule has 0 bridgehead atoms. The highest BCUT2D eigenvalue weighted by molar-refractivity contribution is 6.36. The summed E-state index contributed by atoms with van der Waals surface area (Å²) < 4.78 is 6.86. The normalized spacial score (nSPS) is 15.0. The minimum atomic E-state index is -0.371. The van der Waals surface area contributed by atoms with Gasteiger partial charge in [0.25, 0.3) is 5.91 Å². The fourth-order valence-electron chi connectivity index (χ4n) is 3.30. The van der Waals surface area contributed by atoms with E-state index < -0.39 is 0 Å². The van der Waals surface area contributed by atoms with Gasteiger partial charge in [-0.2, -0.15) is 5.10 Å². The monoisotopic (exact) mass is 409 g/mol. The second kappa shape index (κ2) is 8.31. The Morgan fingerprint density at radius 3 is 2.56 bits per heavy atom. The molecule has 3 rings (SSSR count). The summed E-state index contributed by atoms with van der Waals surface area (Å²) in [6.07, 6.45) is 1.40. The van der Waals surface area contributed by atoms with E-state index in [2.05, 4.69) is 5.10 Å². The lowest BCUT2D eigenvalue weighted by atomic mass is 10.0. The summed E-state index contributed by atoms with van der Waals surface area (Å²) in [7, 11) is 0. The second-order valence-electron chi connectivity index (χ2n) is 6.48. The molecule has 1 saturated heterocycles. The van der Waals surface area contributed by atoms with E-state index in [0.717, 1.165) is 5.69 Å². The second-order valence-corrected chi connectivity index (χ2v) is 7.33. The first kappa shape index (κ1) is 19.7. The molecule has 1 aliphatic heterocycles. The van der Waals surface area contributed by atoms with Gasteiger partial charge >= 0.3 is 5.97 Å². The van der Waals surface area contributed by atoms with Gasteiger partial charge in [-0.3, -0.25) is 9.48 Å². The Balaban J connectivity index is 1.71. The van der Waals surface area contributed by atoms with Crippen molar-refractivity contribution >= 4 is 35.1 Å². The molecule has 0 unspecified atom stereocenters. The summed E-state index contributed by atoms with van der Waals surface area (Å²) in [5.41, 5.74) is 1.67. The van der Waals surface area contributed by atoms with Crippen LogP contribution in [-0.4, -0.2) is 46.3 Å². The zero-order valence-electron chi connectivity index (χ0n) is 15.2. The standard InChI is InChI=1S/C19H21Cl2N3O3/c1-3-27-19(26)17-10-12(2)22-24(17)14-6-8-23(9-7-14)18(25)15-5-4-13(20)11-16(15)21/h4-5,10-11,14H,3,6-9H2,1-2H3. The smallest absolute Gasteiger partial charge is 0.356 e. The quantitative estimate of drug-likeness (QED) is 0.711. The molecule has 0 atom stereocenters. The van der Waals surface area contributed by atoms with Crippen LogP contribution in [0.4, 0.5) is 0 Å². The first-order chi connectivity index (χ1) is 12.9. The van der Waals surface area contributed by atoms with E-state index in [1.54, 1.807) is 40.8 Å². The van der Waals surface area contributed by atoms with E-state index in [1.165, 1.54) is 0 Å². The molecule has 0 radical (unpaired) electrons. The highest BCUT2D eigenvalue weighted by Gasteiger charge is 2.29. The number of hydrogen-bond donors (Lipinski definition) is 0. The third-order valence-electron chi connectivity index (χ3n) is 4.60. The lowest BCUT2D eigenvalue weighted by Crippen LogP contribution is -2.39. The van der Waals surface area contributed by atoms with Gasteiger partial charge in [-0.1, -0.05) is 23.2 Å². The molecular formula is C19H21Cl2N3O3. The van der Waals surface area contributed by atoms with Crippen LogP contribution in [0.2, 0.25) is 10.0 Å². The molecular weight excluding hydrogens is 389 g/mol. The lowest BCUT2D eigenvalue weighted by molar-refractivity contribution is 0.0498. The Labute approximate surface area is 168 Å². The highest BCUT2D eigenvalue weighted by atomic mass is 35.5. The van der Waals surface area contributed by atoms with Crippen LogP contribution in [0.15, 0.2) is 24.3 Å². The van der Waals surface area contributed by atoms with Crippen LogP contribution in [0.25, 0.3) is 0 Å². The predicted octanol–water partition coefficient (Wildman–Crippen LogP) is 4.15. The Morgan fingerprint density at radius 1 is 1.22 bits per heavy atom. The van der Waals surface area contributed by atoms with E-state index in [9.17, 15) is 9.59 Å². The van der Waals surface area contributed by atoms with Crippen LogP contribution in [-0.2, 0) is 4.74 Å².